The Morgan fingerprint density at radius 3 is 2.62 bits per heavy atom. The van der Waals surface area contributed by atoms with Crippen LogP contribution in [0.5, 0.6) is 0 Å². The smallest absolute Gasteiger partial charge is 0.150 e. The molecule has 0 amide bonds. The van der Waals surface area contributed by atoms with E-state index >= 15 is 0 Å². The van der Waals surface area contributed by atoms with Crippen LogP contribution in [0.4, 0.5) is 23.1 Å². The number of benzene rings is 1. The largest absolute Gasteiger partial charge is 0.398 e. The summed E-state index contributed by atoms with van der Waals surface area (Å²) in [6.07, 6.45) is 7.18. The summed E-state index contributed by atoms with van der Waals surface area (Å²) in [5.74, 6) is 2.93. The molecule has 1 saturated heterocycles. The third kappa shape index (κ3) is 5.25. The standard InChI is InChI=1S/C23H27N9/c1-15(24)19-11-17(4-6-20(19)25)3-5-18-13-28-22(14-27-18)31-21-12-23(30-16(2)29-21)32-9-7-26-8-10-32/h3-6,11-14,24,26H,7-10,25H2,1-2H3,(H,28,29,30,31)/b5-3+,24-15?. The lowest BCUT2D eigenvalue weighted by Crippen LogP contribution is -2.44. The topological polar surface area (TPSA) is 129 Å². The van der Waals surface area contributed by atoms with Crippen LogP contribution in [0.2, 0.25) is 0 Å². The number of nitrogens with two attached hydrogens (primary N) is 1. The lowest BCUT2D eigenvalue weighted by molar-refractivity contribution is 0.584. The molecule has 9 nitrogen and oxygen atoms in total. The number of rotatable bonds is 6. The summed E-state index contributed by atoms with van der Waals surface area (Å²) in [5.41, 5.74) is 9.37. The minimum absolute atomic E-state index is 0.438. The van der Waals surface area contributed by atoms with E-state index in [2.05, 4.69) is 35.5 Å². The molecule has 3 heterocycles. The lowest BCUT2D eigenvalue weighted by atomic mass is 10.0. The number of aromatic nitrogens is 4. The Bertz CT molecular complexity index is 1130. The number of hydrogen-bond acceptors (Lipinski definition) is 9. The van der Waals surface area contributed by atoms with Crippen molar-refractivity contribution in [3.05, 3.63) is 59.3 Å². The van der Waals surface area contributed by atoms with E-state index in [1.54, 1.807) is 19.3 Å². The summed E-state index contributed by atoms with van der Waals surface area (Å²) in [4.78, 5) is 20.2. The highest BCUT2D eigenvalue weighted by molar-refractivity contribution is 6.01. The molecule has 0 atom stereocenters. The van der Waals surface area contributed by atoms with Crippen LogP contribution in [0, 0.1) is 12.3 Å². The fraction of sp³-hybridized carbons (Fsp3) is 0.261. The number of nitrogens with zero attached hydrogens (tertiary/aromatic N) is 5. The van der Waals surface area contributed by atoms with Crippen molar-refractivity contribution in [3.8, 4) is 0 Å². The zero-order valence-electron chi connectivity index (χ0n) is 18.3. The molecule has 3 aromatic rings. The third-order valence-corrected chi connectivity index (χ3v) is 5.12. The average molecular weight is 430 g/mol. The predicted molar refractivity (Wildman–Crippen MR) is 129 cm³/mol. The summed E-state index contributed by atoms with van der Waals surface area (Å²) in [5, 5.41) is 14.4. The van der Waals surface area contributed by atoms with E-state index in [9.17, 15) is 0 Å². The normalized spacial score (nSPS) is 14.0. The molecule has 1 aromatic carbocycles. The third-order valence-electron chi connectivity index (χ3n) is 5.12. The van der Waals surface area contributed by atoms with Gasteiger partial charge in [0.25, 0.3) is 0 Å². The van der Waals surface area contributed by atoms with E-state index in [4.69, 9.17) is 11.1 Å². The monoisotopic (exact) mass is 429 g/mol. The van der Waals surface area contributed by atoms with Crippen LogP contribution in [0.3, 0.4) is 0 Å². The SMILES string of the molecule is CC(=N)c1cc(/C=C/c2cnc(Nc3cc(N4CCNCC4)nc(C)n3)cn2)ccc1N. The van der Waals surface area contributed by atoms with Crippen molar-refractivity contribution in [3.63, 3.8) is 0 Å². The molecular formula is C23H27N9. The molecule has 32 heavy (non-hydrogen) atoms. The molecule has 5 N–H and O–H groups in total. The van der Waals surface area contributed by atoms with Crippen LogP contribution in [-0.2, 0) is 0 Å². The summed E-state index contributed by atoms with van der Waals surface area (Å²) < 4.78 is 0. The molecule has 0 spiro atoms. The van der Waals surface area contributed by atoms with Gasteiger partial charge in [-0.25, -0.2) is 15.0 Å². The highest BCUT2D eigenvalue weighted by atomic mass is 15.2. The maximum atomic E-state index is 7.82. The van der Waals surface area contributed by atoms with Crippen molar-refractivity contribution in [2.75, 3.05) is 42.1 Å². The maximum Gasteiger partial charge on any atom is 0.150 e. The summed E-state index contributed by atoms with van der Waals surface area (Å²) in [6.45, 7) is 7.36. The van der Waals surface area contributed by atoms with Gasteiger partial charge in [0.15, 0.2) is 0 Å². The molecule has 1 aliphatic heterocycles. The van der Waals surface area contributed by atoms with Gasteiger partial charge in [0.05, 0.1) is 18.1 Å². The van der Waals surface area contributed by atoms with E-state index in [1.807, 2.05) is 43.3 Å². The van der Waals surface area contributed by atoms with Crippen molar-refractivity contribution >= 4 is 41.0 Å². The molecule has 0 unspecified atom stereocenters. The fourth-order valence-electron chi connectivity index (χ4n) is 3.48. The van der Waals surface area contributed by atoms with Gasteiger partial charge in [-0.3, -0.25) is 4.98 Å². The van der Waals surface area contributed by atoms with Crippen molar-refractivity contribution < 1.29 is 0 Å². The zero-order valence-corrected chi connectivity index (χ0v) is 18.3. The molecule has 1 fully saturated rings. The Balaban J connectivity index is 1.45. The summed E-state index contributed by atoms with van der Waals surface area (Å²) >= 11 is 0. The molecular weight excluding hydrogens is 402 g/mol. The highest BCUT2D eigenvalue weighted by Crippen LogP contribution is 2.20. The summed E-state index contributed by atoms with van der Waals surface area (Å²) in [7, 11) is 0. The first kappa shape index (κ1) is 21.4. The number of anilines is 4. The fourth-order valence-corrected chi connectivity index (χ4v) is 3.48. The Morgan fingerprint density at radius 1 is 1.09 bits per heavy atom. The van der Waals surface area contributed by atoms with E-state index < -0.39 is 0 Å². The molecule has 0 saturated carbocycles. The van der Waals surface area contributed by atoms with Crippen LogP contribution in [-0.4, -0.2) is 51.8 Å². The molecule has 4 rings (SSSR count). The first-order chi connectivity index (χ1) is 15.5. The van der Waals surface area contributed by atoms with Gasteiger partial charge in [0.2, 0.25) is 0 Å². The van der Waals surface area contributed by atoms with Gasteiger partial charge in [-0.2, -0.15) is 0 Å². The first-order valence-corrected chi connectivity index (χ1v) is 10.5. The van der Waals surface area contributed by atoms with Crippen LogP contribution in [0.25, 0.3) is 12.2 Å². The van der Waals surface area contributed by atoms with Crippen molar-refractivity contribution in [1.29, 1.82) is 5.41 Å². The van der Waals surface area contributed by atoms with Gasteiger partial charge in [-0.05, 0) is 37.6 Å². The number of piperazine rings is 1. The first-order valence-electron chi connectivity index (χ1n) is 10.5. The highest BCUT2D eigenvalue weighted by Gasteiger charge is 2.13. The second kappa shape index (κ2) is 9.52. The van der Waals surface area contributed by atoms with Gasteiger partial charge >= 0.3 is 0 Å². The quantitative estimate of drug-likeness (QED) is 0.348. The summed E-state index contributed by atoms with van der Waals surface area (Å²) in [6, 6.07) is 7.56. The lowest BCUT2D eigenvalue weighted by Gasteiger charge is -2.28. The van der Waals surface area contributed by atoms with Gasteiger partial charge in [-0.15, -0.1) is 0 Å². The van der Waals surface area contributed by atoms with E-state index in [0.29, 0.717) is 28.9 Å². The number of hydrogen-bond donors (Lipinski definition) is 4. The Kier molecular flexibility index (Phi) is 6.37. The van der Waals surface area contributed by atoms with Gasteiger partial charge in [-0.1, -0.05) is 12.1 Å². The Labute approximate surface area is 187 Å². The van der Waals surface area contributed by atoms with Crippen molar-refractivity contribution in [1.82, 2.24) is 25.3 Å². The van der Waals surface area contributed by atoms with Crippen LogP contribution < -0.4 is 21.3 Å². The molecule has 2 aromatic heterocycles. The van der Waals surface area contributed by atoms with Crippen molar-refractivity contribution in [2.45, 2.75) is 13.8 Å². The predicted octanol–water partition coefficient (Wildman–Crippen LogP) is 2.87. The second-order valence-electron chi connectivity index (χ2n) is 7.65. The minimum Gasteiger partial charge on any atom is -0.398 e. The Morgan fingerprint density at radius 2 is 1.91 bits per heavy atom. The van der Waals surface area contributed by atoms with E-state index in [-0.39, 0.29) is 0 Å². The molecule has 0 bridgehead atoms. The van der Waals surface area contributed by atoms with E-state index in [1.165, 1.54) is 0 Å². The minimum atomic E-state index is 0.438. The van der Waals surface area contributed by atoms with Gasteiger partial charge < -0.3 is 26.7 Å². The van der Waals surface area contributed by atoms with Crippen LogP contribution in [0.15, 0.2) is 36.7 Å². The van der Waals surface area contributed by atoms with E-state index in [0.717, 1.165) is 48.8 Å². The molecule has 164 valence electrons. The molecule has 9 heteroatoms. The molecule has 0 radical (unpaired) electrons. The number of aryl methyl sites for hydroxylation is 1. The second-order valence-corrected chi connectivity index (χ2v) is 7.65. The molecule has 1 aliphatic rings. The van der Waals surface area contributed by atoms with Gasteiger partial charge in [0, 0.05) is 49.2 Å². The number of nitrogen functional groups attached to an aromatic ring is 1. The Hall–Kier alpha value is -3.85. The van der Waals surface area contributed by atoms with Gasteiger partial charge in [0.1, 0.15) is 23.3 Å². The number of nitrogens with one attached hydrogen (secondary N) is 3. The average Bonchev–Trinajstić information content (AvgIpc) is 2.79. The molecule has 0 aliphatic carbocycles. The van der Waals surface area contributed by atoms with Crippen LogP contribution >= 0.6 is 0 Å². The maximum absolute atomic E-state index is 7.82. The zero-order chi connectivity index (χ0) is 22.5. The van der Waals surface area contributed by atoms with Crippen LogP contribution in [0.1, 0.15) is 29.6 Å². The van der Waals surface area contributed by atoms with Crippen molar-refractivity contribution in [2.24, 2.45) is 0 Å².